The molecule has 1 aromatic carbocycles. The van der Waals surface area contributed by atoms with Crippen LogP contribution in [0.2, 0.25) is 0 Å². The third-order valence-corrected chi connectivity index (χ3v) is 6.46. The second-order valence-corrected chi connectivity index (χ2v) is 9.14. The van der Waals surface area contributed by atoms with Gasteiger partial charge in [0.15, 0.2) is 5.69 Å². The third kappa shape index (κ3) is 7.11. The first-order valence-corrected chi connectivity index (χ1v) is 12.2. The molecule has 0 radical (unpaired) electrons. The largest absolute Gasteiger partial charge is 0.435 e. The molecular weight excluding hydrogens is 461 g/mol. The minimum Gasteiger partial charge on any atom is -0.345 e. The summed E-state index contributed by atoms with van der Waals surface area (Å²) >= 11 is 0.809. The highest BCUT2D eigenvalue weighted by Crippen LogP contribution is 2.35. The van der Waals surface area contributed by atoms with Gasteiger partial charge in [-0.15, -0.1) is 11.3 Å². The van der Waals surface area contributed by atoms with E-state index in [9.17, 15) is 18.0 Å². The van der Waals surface area contributed by atoms with Gasteiger partial charge in [-0.2, -0.15) is 13.2 Å². The minimum absolute atomic E-state index is 0.298. The molecule has 9 heteroatoms. The van der Waals surface area contributed by atoms with Crippen LogP contribution in [0.5, 0.6) is 0 Å². The summed E-state index contributed by atoms with van der Waals surface area (Å²) in [5, 5.41) is 6.22. The summed E-state index contributed by atoms with van der Waals surface area (Å²) in [6.45, 7) is 5.19. The van der Waals surface area contributed by atoms with Crippen molar-refractivity contribution in [3.8, 4) is 11.1 Å². The average molecular weight is 491 g/mol. The van der Waals surface area contributed by atoms with Crippen LogP contribution in [0.3, 0.4) is 0 Å². The molecule has 0 aliphatic rings. The number of nitrogens with zero attached hydrogens (tertiary/aromatic N) is 2. The van der Waals surface area contributed by atoms with Crippen molar-refractivity contribution in [3.63, 3.8) is 0 Å². The summed E-state index contributed by atoms with van der Waals surface area (Å²) in [5.74, 6) is -0.772. The summed E-state index contributed by atoms with van der Waals surface area (Å²) in [7, 11) is 0. The van der Waals surface area contributed by atoms with Crippen molar-refractivity contribution in [1.29, 1.82) is 0 Å². The number of halogens is 3. The number of thiazole rings is 1. The summed E-state index contributed by atoms with van der Waals surface area (Å²) in [6, 6.07) is 10.8. The molecule has 0 spiro atoms. The summed E-state index contributed by atoms with van der Waals surface area (Å²) in [4.78, 5) is 20.3. The van der Waals surface area contributed by atoms with Crippen LogP contribution in [0.4, 0.5) is 13.2 Å². The zero-order chi connectivity index (χ0) is 24.6. The Morgan fingerprint density at radius 3 is 2.62 bits per heavy atom. The zero-order valence-corrected chi connectivity index (χ0v) is 20.1. The lowest BCUT2D eigenvalue weighted by Crippen LogP contribution is -2.28. The van der Waals surface area contributed by atoms with Gasteiger partial charge in [-0.1, -0.05) is 44.0 Å². The number of hydrogen-bond acceptors (Lipinski definition) is 5. The molecule has 3 aromatic rings. The number of rotatable bonds is 11. The number of nitrogens with one attached hydrogen (secondary N) is 2. The first-order valence-electron chi connectivity index (χ1n) is 11.4. The van der Waals surface area contributed by atoms with Crippen LogP contribution in [0.25, 0.3) is 11.1 Å². The van der Waals surface area contributed by atoms with Crippen LogP contribution in [-0.4, -0.2) is 29.0 Å². The highest BCUT2D eigenvalue weighted by Gasteiger charge is 2.39. The van der Waals surface area contributed by atoms with Crippen LogP contribution in [0.15, 0.2) is 48.8 Å². The lowest BCUT2D eigenvalue weighted by atomic mass is 10.0. The molecule has 0 bridgehead atoms. The van der Waals surface area contributed by atoms with E-state index in [4.69, 9.17) is 0 Å². The van der Waals surface area contributed by atoms with Crippen molar-refractivity contribution in [2.75, 3.05) is 13.1 Å². The molecule has 1 unspecified atom stereocenters. The molecule has 1 atom stereocenters. The van der Waals surface area contributed by atoms with E-state index in [1.807, 2.05) is 36.4 Å². The molecule has 2 N–H and O–H groups in total. The molecule has 0 saturated carbocycles. The first kappa shape index (κ1) is 25.8. The van der Waals surface area contributed by atoms with Crippen LogP contribution in [-0.2, 0) is 12.6 Å². The summed E-state index contributed by atoms with van der Waals surface area (Å²) in [5.41, 5.74) is 1.49. The molecule has 5 nitrogen and oxygen atoms in total. The van der Waals surface area contributed by atoms with Gasteiger partial charge in [0, 0.05) is 25.4 Å². The smallest absolute Gasteiger partial charge is 0.345 e. The fourth-order valence-corrected chi connectivity index (χ4v) is 4.49. The number of hydrogen-bond donors (Lipinski definition) is 2. The molecule has 2 heterocycles. The Balaban J connectivity index is 1.70. The number of aromatic nitrogens is 2. The molecule has 0 aliphatic carbocycles. The standard InChI is InChI=1S/C25H29F3N4OS/c1-3-4-5-12-29-14-11-21-32-23(25(26,27)28)22(34-21)24(33)31-17(2)18-8-6-9-19(15-18)20-10-7-13-30-16-20/h6-10,13,15-17,29H,3-5,11-12,14H2,1-2H3,(H,31,33). The Kier molecular flexibility index (Phi) is 9.18. The number of pyridine rings is 1. The third-order valence-electron chi connectivity index (χ3n) is 5.35. The normalized spacial score (nSPS) is 12.5. The number of carbonyl (C=O) groups excluding carboxylic acids is 1. The predicted octanol–water partition coefficient (Wildman–Crippen LogP) is 6.04. The molecule has 0 saturated heterocycles. The Bertz CT molecular complexity index is 1070. The van der Waals surface area contributed by atoms with E-state index in [2.05, 4.69) is 27.5 Å². The monoisotopic (exact) mass is 490 g/mol. The van der Waals surface area contributed by atoms with Crippen LogP contribution < -0.4 is 10.6 Å². The second kappa shape index (κ2) is 12.1. The molecule has 2 aromatic heterocycles. The number of carbonyl (C=O) groups is 1. The van der Waals surface area contributed by atoms with Crippen molar-refractivity contribution in [2.45, 2.75) is 51.7 Å². The first-order chi connectivity index (χ1) is 16.3. The van der Waals surface area contributed by atoms with Gasteiger partial charge in [0.05, 0.1) is 11.0 Å². The van der Waals surface area contributed by atoms with E-state index in [0.717, 1.165) is 53.8 Å². The van der Waals surface area contributed by atoms with Crippen LogP contribution >= 0.6 is 11.3 Å². The van der Waals surface area contributed by atoms with E-state index in [0.29, 0.717) is 18.0 Å². The molecular formula is C25H29F3N4OS. The van der Waals surface area contributed by atoms with Crippen molar-refractivity contribution in [2.24, 2.45) is 0 Å². The fraction of sp³-hybridized carbons (Fsp3) is 0.400. The number of alkyl halides is 3. The van der Waals surface area contributed by atoms with Crippen molar-refractivity contribution >= 4 is 17.2 Å². The summed E-state index contributed by atoms with van der Waals surface area (Å²) < 4.78 is 40.8. The van der Waals surface area contributed by atoms with Crippen molar-refractivity contribution < 1.29 is 18.0 Å². The van der Waals surface area contributed by atoms with E-state index >= 15 is 0 Å². The summed E-state index contributed by atoms with van der Waals surface area (Å²) in [6.07, 6.45) is 2.30. The minimum atomic E-state index is -4.69. The van der Waals surface area contributed by atoms with Gasteiger partial charge in [0.25, 0.3) is 5.91 Å². The quantitative estimate of drug-likeness (QED) is 0.322. The fourth-order valence-electron chi connectivity index (χ4n) is 3.50. The molecule has 0 aliphatic heterocycles. The number of benzene rings is 1. The number of unbranched alkanes of at least 4 members (excludes halogenated alkanes) is 2. The van der Waals surface area contributed by atoms with Crippen molar-refractivity contribution in [3.05, 3.63) is 69.9 Å². The van der Waals surface area contributed by atoms with Gasteiger partial charge in [-0.25, -0.2) is 4.98 Å². The van der Waals surface area contributed by atoms with Gasteiger partial charge < -0.3 is 10.6 Å². The lowest BCUT2D eigenvalue weighted by molar-refractivity contribution is -0.141. The highest BCUT2D eigenvalue weighted by atomic mass is 32.1. The molecule has 1 amide bonds. The van der Waals surface area contributed by atoms with Gasteiger partial charge in [-0.3, -0.25) is 9.78 Å². The number of amides is 1. The van der Waals surface area contributed by atoms with E-state index in [1.165, 1.54) is 0 Å². The maximum absolute atomic E-state index is 13.6. The topological polar surface area (TPSA) is 66.9 Å². The van der Waals surface area contributed by atoms with Gasteiger partial charge >= 0.3 is 6.18 Å². The predicted molar refractivity (Wildman–Crippen MR) is 129 cm³/mol. The molecule has 3 rings (SSSR count). The Morgan fingerprint density at radius 2 is 1.91 bits per heavy atom. The van der Waals surface area contributed by atoms with Crippen LogP contribution in [0, 0.1) is 0 Å². The van der Waals surface area contributed by atoms with E-state index in [-0.39, 0.29) is 0 Å². The zero-order valence-electron chi connectivity index (χ0n) is 19.3. The maximum Gasteiger partial charge on any atom is 0.435 e. The highest BCUT2D eigenvalue weighted by molar-refractivity contribution is 7.13. The van der Waals surface area contributed by atoms with Crippen LogP contribution in [0.1, 0.15) is 65.1 Å². The van der Waals surface area contributed by atoms with Gasteiger partial charge in [0.1, 0.15) is 4.88 Å². The Hall–Kier alpha value is -2.78. The average Bonchev–Trinajstić information content (AvgIpc) is 3.27. The SMILES string of the molecule is CCCCCNCCc1nc(C(F)(F)F)c(C(=O)NC(C)c2cccc(-c3cccnc3)c2)s1. The molecule has 0 fully saturated rings. The second-order valence-electron chi connectivity index (χ2n) is 8.05. The van der Waals surface area contributed by atoms with Gasteiger partial charge in [0.2, 0.25) is 0 Å². The van der Waals surface area contributed by atoms with Crippen molar-refractivity contribution in [1.82, 2.24) is 20.6 Å². The lowest BCUT2D eigenvalue weighted by Gasteiger charge is -2.16. The Labute approximate surface area is 201 Å². The van der Waals surface area contributed by atoms with E-state index < -0.39 is 28.7 Å². The van der Waals surface area contributed by atoms with Gasteiger partial charge in [-0.05, 0) is 48.7 Å². The Morgan fingerprint density at radius 1 is 1.12 bits per heavy atom. The van der Waals surface area contributed by atoms with E-state index in [1.54, 1.807) is 19.3 Å². The maximum atomic E-state index is 13.6. The molecule has 34 heavy (non-hydrogen) atoms. The molecule has 182 valence electrons.